The standard InChI is InChI=1S/C11H13ClN2O4S/c1-6-2-3-8(10(12)11(6)16)14-5-7(4-9(14)15)19(13,17)18/h2-3,7,16H,4-5H2,1H3,(H2,13,17,18). The number of hydrogen-bond acceptors (Lipinski definition) is 4. The van der Waals surface area contributed by atoms with Gasteiger partial charge in [0, 0.05) is 13.0 Å². The molecule has 19 heavy (non-hydrogen) atoms. The van der Waals surface area contributed by atoms with Crippen molar-refractivity contribution >= 4 is 33.2 Å². The molecular weight excluding hydrogens is 292 g/mol. The molecule has 1 aromatic rings. The molecule has 1 unspecified atom stereocenters. The Bertz CT molecular complexity index is 644. The third-order valence-corrected chi connectivity index (χ3v) is 4.76. The van der Waals surface area contributed by atoms with Crippen molar-refractivity contribution in [2.24, 2.45) is 5.14 Å². The highest BCUT2D eigenvalue weighted by Gasteiger charge is 2.38. The molecule has 0 bridgehead atoms. The molecule has 1 aliphatic rings. The minimum atomic E-state index is -3.78. The van der Waals surface area contributed by atoms with Crippen molar-refractivity contribution in [1.29, 1.82) is 0 Å². The summed E-state index contributed by atoms with van der Waals surface area (Å²) in [5.41, 5.74) is 0.865. The van der Waals surface area contributed by atoms with E-state index in [1.165, 1.54) is 4.90 Å². The Hall–Kier alpha value is -1.31. The molecule has 0 aromatic heterocycles. The first-order valence-electron chi connectivity index (χ1n) is 5.52. The molecule has 0 spiro atoms. The topological polar surface area (TPSA) is 101 Å². The largest absolute Gasteiger partial charge is 0.506 e. The average molecular weight is 305 g/mol. The maximum atomic E-state index is 11.8. The molecule has 8 heteroatoms. The summed E-state index contributed by atoms with van der Waals surface area (Å²) in [5, 5.41) is 13.9. The van der Waals surface area contributed by atoms with E-state index in [4.69, 9.17) is 16.7 Å². The van der Waals surface area contributed by atoms with Crippen LogP contribution in [0.25, 0.3) is 0 Å². The summed E-state index contributed by atoms with van der Waals surface area (Å²) in [7, 11) is -3.78. The third-order valence-electron chi connectivity index (χ3n) is 3.14. The number of sulfonamides is 1. The zero-order valence-electron chi connectivity index (χ0n) is 10.1. The van der Waals surface area contributed by atoms with Gasteiger partial charge in [-0.3, -0.25) is 4.79 Å². The fourth-order valence-electron chi connectivity index (χ4n) is 1.99. The van der Waals surface area contributed by atoms with Gasteiger partial charge < -0.3 is 10.0 Å². The Morgan fingerprint density at radius 3 is 2.63 bits per heavy atom. The van der Waals surface area contributed by atoms with Gasteiger partial charge in [-0.1, -0.05) is 17.7 Å². The molecule has 0 aliphatic carbocycles. The zero-order chi connectivity index (χ0) is 14.4. The van der Waals surface area contributed by atoms with E-state index in [9.17, 15) is 18.3 Å². The molecular formula is C11H13ClN2O4S. The molecule has 3 N–H and O–H groups in total. The van der Waals surface area contributed by atoms with Crippen LogP contribution in [0.4, 0.5) is 5.69 Å². The maximum absolute atomic E-state index is 11.8. The normalized spacial score (nSPS) is 20.1. The van der Waals surface area contributed by atoms with Crippen molar-refractivity contribution in [3.05, 3.63) is 22.7 Å². The van der Waals surface area contributed by atoms with Gasteiger partial charge in [-0.25, -0.2) is 13.6 Å². The van der Waals surface area contributed by atoms with Crippen molar-refractivity contribution in [2.75, 3.05) is 11.4 Å². The van der Waals surface area contributed by atoms with E-state index in [0.29, 0.717) is 11.3 Å². The van der Waals surface area contributed by atoms with Crippen molar-refractivity contribution < 1.29 is 18.3 Å². The quantitative estimate of drug-likeness (QED) is 0.841. The minimum absolute atomic E-state index is 0.0309. The Labute approximate surface area is 115 Å². The summed E-state index contributed by atoms with van der Waals surface area (Å²) in [6.07, 6.45) is -0.177. The number of halogens is 1. The van der Waals surface area contributed by atoms with Crippen LogP contribution in [0.15, 0.2) is 12.1 Å². The molecule has 0 radical (unpaired) electrons. The van der Waals surface area contributed by atoms with Crippen molar-refractivity contribution in [1.82, 2.24) is 0 Å². The molecule has 1 fully saturated rings. The third kappa shape index (κ3) is 2.54. The lowest BCUT2D eigenvalue weighted by atomic mass is 10.2. The number of carbonyl (C=O) groups is 1. The Morgan fingerprint density at radius 2 is 2.11 bits per heavy atom. The molecule has 1 aromatic carbocycles. The average Bonchev–Trinajstić information content (AvgIpc) is 2.68. The lowest BCUT2D eigenvalue weighted by molar-refractivity contribution is -0.117. The second-order valence-corrected chi connectivity index (χ2v) is 6.71. The highest BCUT2D eigenvalue weighted by Crippen LogP contribution is 2.38. The molecule has 6 nitrogen and oxygen atoms in total. The monoisotopic (exact) mass is 304 g/mol. The summed E-state index contributed by atoms with van der Waals surface area (Å²) in [4.78, 5) is 13.1. The summed E-state index contributed by atoms with van der Waals surface area (Å²) in [6.45, 7) is 1.61. The number of nitrogens with zero attached hydrogens (tertiary/aromatic N) is 1. The van der Waals surface area contributed by atoms with Gasteiger partial charge in [-0.05, 0) is 18.6 Å². The number of rotatable bonds is 2. The predicted molar refractivity (Wildman–Crippen MR) is 71.7 cm³/mol. The van der Waals surface area contributed by atoms with Crippen molar-refractivity contribution in [2.45, 2.75) is 18.6 Å². The van der Waals surface area contributed by atoms with Crippen LogP contribution in [-0.4, -0.2) is 31.2 Å². The number of phenols is 1. The molecule has 1 aliphatic heterocycles. The van der Waals surface area contributed by atoms with Crippen LogP contribution in [0.2, 0.25) is 5.02 Å². The van der Waals surface area contributed by atoms with Crippen LogP contribution in [0, 0.1) is 6.92 Å². The fraction of sp³-hybridized carbons (Fsp3) is 0.364. The molecule has 104 valence electrons. The van der Waals surface area contributed by atoms with Gasteiger partial charge in [0.05, 0.1) is 5.69 Å². The second kappa shape index (κ2) is 4.66. The van der Waals surface area contributed by atoms with E-state index < -0.39 is 15.3 Å². The molecule has 1 saturated heterocycles. The number of aromatic hydroxyl groups is 1. The lowest BCUT2D eigenvalue weighted by Gasteiger charge is -2.19. The Kier molecular flexibility index (Phi) is 3.46. The summed E-state index contributed by atoms with van der Waals surface area (Å²) >= 11 is 5.98. The van der Waals surface area contributed by atoms with Crippen LogP contribution < -0.4 is 10.0 Å². The number of benzene rings is 1. The number of carbonyl (C=O) groups excluding carboxylic acids is 1. The Balaban J connectivity index is 2.39. The van der Waals surface area contributed by atoms with E-state index in [1.54, 1.807) is 19.1 Å². The Morgan fingerprint density at radius 1 is 1.47 bits per heavy atom. The highest BCUT2D eigenvalue weighted by atomic mass is 35.5. The number of nitrogens with two attached hydrogens (primary N) is 1. The second-order valence-electron chi connectivity index (χ2n) is 4.48. The first-order valence-corrected chi connectivity index (χ1v) is 7.50. The maximum Gasteiger partial charge on any atom is 0.228 e. The first-order chi connectivity index (χ1) is 8.71. The van der Waals surface area contributed by atoms with Gasteiger partial charge >= 0.3 is 0 Å². The van der Waals surface area contributed by atoms with Gasteiger partial charge in [0.25, 0.3) is 0 Å². The number of primary sulfonamides is 1. The van der Waals surface area contributed by atoms with E-state index in [0.717, 1.165) is 0 Å². The van der Waals surface area contributed by atoms with Gasteiger partial charge in [-0.2, -0.15) is 0 Å². The summed E-state index contributed by atoms with van der Waals surface area (Å²) < 4.78 is 22.6. The first kappa shape index (κ1) is 14.1. The van der Waals surface area contributed by atoms with Crippen LogP contribution in [0.1, 0.15) is 12.0 Å². The highest BCUT2D eigenvalue weighted by molar-refractivity contribution is 7.89. The van der Waals surface area contributed by atoms with Crippen LogP contribution in [0.3, 0.4) is 0 Å². The molecule has 1 amide bonds. The minimum Gasteiger partial charge on any atom is -0.506 e. The van der Waals surface area contributed by atoms with Gasteiger partial charge in [0.1, 0.15) is 16.0 Å². The van der Waals surface area contributed by atoms with Gasteiger partial charge in [0.2, 0.25) is 15.9 Å². The van der Waals surface area contributed by atoms with Gasteiger partial charge in [0.15, 0.2) is 0 Å². The predicted octanol–water partition coefficient (Wildman–Crippen LogP) is 0.748. The van der Waals surface area contributed by atoms with Crippen molar-refractivity contribution in [3.63, 3.8) is 0 Å². The van der Waals surface area contributed by atoms with Crippen molar-refractivity contribution in [3.8, 4) is 5.75 Å². The fourth-order valence-corrected chi connectivity index (χ4v) is 3.03. The van der Waals surface area contributed by atoms with E-state index in [1.807, 2.05) is 0 Å². The zero-order valence-corrected chi connectivity index (χ0v) is 11.7. The molecule has 2 rings (SSSR count). The van der Waals surface area contributed by atoms with Crippen LogP contribution in [0.5, 0.6) is 5.75 Å². The summed E-state index contributed by atoms with van der Waals surface area (Å²) in [5.74, 6) is -0.504. The van der Waals surface area contributed by atoms with Gasteiger partial charge in [-0.15, -0.1) is 0 Å². The van der Waals surface area contributed by atoms with E-state index in [-0.39, 0.29) is 29.6 Å². The number of aryl methyl sites for hydroxylation is 1. The summed E-state index contributed by atoms with van der Waals surface area (Å²) in [6, 6.07) is 3.18. The SMILES string of the molecule is Cc1ccc(N2CC(S(N)(=O)=O)CC2=O)c(Cl)c1O. The number of anilines is 1. The number of hydrogen-bond donors (Lipinski definition) is 2. The lowest BCUT2D eigenvalue weighted by Crippen LogP contribution is -2.32. The molecule has 1 heterocycles. The van der Waals surface area contributed by atoms with Crippen LogP contribution in [-0.2, 0) is 14.8 Å². The molecule has 1 atom stereocenters. The van der Waals surface area contributed by atoms with Crippen LogP contribution >= 0.6 is 11.6 Å². The van der Waals surface area contributed by atoms with E-state index in [2.05, 4.69) is 0 Å². The number of amides is 1. The smallest absolute Gasteiger partial charge is 0.228 e. The molecule has 0 saturated carbocycles. The number of phenolic OH excluding ortho intramolecular Hbond substituents is 1. The van der Waals surface area contributed by atoms with E-state index >= 15 is 0 Å².